The highest BCUT2D eigenvalue weighted by molar-refractivity contribution is 7.93. The van der Waals surface area contributed by atoms with Gasteiger partial charge in [-0.1, -0.05) is 30.3 Å². The van der Waals surface area contributed by atoms with Gasteiger partial charge in [-0.2, -0.15) is 0 Å². The molecule has 7 heteroatoms. The Morgan fingerprint density at radius 3 is 2.59 bits per heavy atom. The Hall–Kier alpha value is -2.12. The minimum Gasteiger partial charge on any atom is -0.451 e. The molecule has 0 N–H and O–H groups in total. The summed E-state index contributed by atoms with van der Waals surface area (Å²) in [5, 5.41) is 0. The highest BCUT2D eigenvalue weighted by Crippen LogP contribution is 2.33. The van der Waals surface area contributed by atoms with Crippen molar-refractivity contribution in [2.45, 2.75) is 18.4 Å². The van der Waals surface area contributed by atoms with Gasteiger partial charge in [0.1, 0.15) is 5.76 Å². The molecule has 4 rings (SSSR count). The number of amides is 1. The standard InChI is InChI=1S/C20H24N2O4S/c1-21-27(24)13-9-20(10-14-27)15-22(11-12-25-20)19(23)18-8-7-17(26-18)16-5-3-2-4-6-16/h2-8H,9-15H2,1H3. The molecule has 1 amide bonds. The molecule has 3 heterocycles. The van der Waals surface area contributed by atoms with Crippen molar-refractivity contribution in [1.82, 2.24) is 4.90 Å². The lowest BCUT2D eigenvalue weighted by molar-refractivity contribution is -0.104. The van der Waals surface area contributed by atoms with Crippen molar-refractivity contribution >= 4 is 15.6 Å². The summed E-state index contributed by atoms with van der Waals surface area (Å²) in [6.45, 7) is 1.53. The predicted octanol–water partition coefficient (Wildman–Crippen LogP) is 3.05. The van der Waals surface area contributed by atoms with Crippen LogP contribution in [-0.2, 0) is 14.5 Å². The van der Waals surface area contributed by atoms with Crippen molar-refractivity contribution in [3.63, 3.8) is 0 Å². The van der Waals surface area contributed by atoms with Gasteiger partial charge in [-0.05, 0) is 25.0 Å². The summed E-state index contributed by atoms with van der Waals surface area (Å²) in [4.78, 5) is 14.8. The first kappa shape index (κ1) is 18.3. The second kappa shape index (κ2) is 7.13. The quantitative estimate of drug-likeness (QED) is 0.793. The van der Waals surface area contributed by atoms with Gasteiger partial charge < -0.3 is 14.1 Å². The number of nitrogens with zero attached hydrogens (tertiary/aromatic N) is 2. The molecule has 2 aromatic rings. The number of ether oxygens (including phenoxy) is 1. The lowest BCUT2D eigenvalue weighted by atomic mass is 9.94. The summed E-state index contributed by atoms with van der Waals surface area (Å²) >= 11 is 0. The van der Waals surface area contributed by atoms with E-state index in [0.717, 1.165) is 5.56 Å². The molecule has 2 saturated heterocycles. The van der Waals surface area contributed by atoms with Crippen LogP contribution in [-0.4, -0.2) is 58.9 Å². The Morgan fingerprint density at radius 2 is 1.89 bits per heavy atom. The minimum atomic E-state index is -2.10. The van der Waals surface area contributed by atoms with Crippen molar-refractivity contribution in [2.24, 2.45) is 4.36 Å². The van der Waals surface area contributed by atoms with Crippen LogP contribution in [0.4, 0.5) is 0 Å². The van der Waals surface area contributed by atoms with E-state index < -0.39 is 15.3 Å². The minimum absolute atomic E-state index is 0.119. The van der Waals surface area contributed by atoms with Crippen LogP contribution in [0, 0.1) is 0 Å². The summed E-state index contributed by atoms with van der Waals surface area (Å²) < 4.78 is 28.4. The number of furan rings is 1. The molecule has 1 aromatic carbocycles. The first-order valence-corrected chi connectivity index (χ1v) is 11.1. The van der Waals surface area contributed by atoms with Crippen LogP contribution in [0.25, 0.3) is 11.3 Å². The van der Waals surface area contributed by atoms with Crippen LogP contribution < -0.4 is 0 Å². The van der Waals surface area contributed by atoms with Crippen molar-refractivity contribution in [2.75, 3.05) is 38.2 Å². The van der Waals surface area contributed by atoms with Crippen LogP contribution in [0.1, 0.15) is 23.4 Å². The maximum Gasteiger partial charge on any atom is 0.289 e. The zero-order chi connectivity index (χ0) is 18.9. The zero-order valence-electron chi connectivity index (χ0n) is 15.4. The molecular formula is C20H24N2O4S. The molecule has 0 aliphatic carbocycles. The third-order valence-electron chi connectivity index (χ3n) is 5.50. The number of hydrogen-bond donors (Lipinski definition) is 0. The Balaban J connectivity index is 1.48. The van der Waals surface area contributed by atoms with Crippen LogP contribution >= 0.6 is 0 Å². The third-order valence-corrected chi connectivity index (χ3v) is 7.85. The fraction of sp³-hybridized carbons (Fsp3) is 0.450. The highest BCUT2D eigenvalue weighted by Gasteiger charge is 2.42. The first-order chi connectivity index (χ1) is 13.0. The van der Waals surface area contributed by atoms with Gasteiger partial charge in [0.2, 0.25) is 0 Å². The molecule has 27 heavy (non-hydrogen) atoms. The normalized spacial score (nSPS) is 28.3. The summed E-state index contributed by atoms with van der Waals surface area (Å²) in [6.07, 6.45) is 1.33. The van der Waals surface area contributed by atoms with Crippen molar-refractivity contribution < 1.29 is 18.2 Å². The van der Waals surface area contributed by atoms with Gasteiger partial charge in [0, 0.05) is 40.4 Å². The summed E-state index contributed by atoms with van der Waals surface area (Å²) in [5.74, 6) is 1.97. The van der Waals surface area contributed by atoms with Crippen LogP contribution in [0.3, 0.4) is 0 Å². The second-order valence-corrected chi connectivity index (χ2v) is 9.88. The Morgan fingerprint density at radius 1 is 1.15 bits per heavy atom. The Kier molecular flexibility index (Phi) is 4.82. The van der Waals surface area contributed by atoms with E-state index in [1.54, 1.807) is 18.0 Å². The molecule has 6 nitrogen and oxygen atoms in total. The molecule has 144 valence electrons. The van der Waals surface area contributed by atoms with Crippen LogP contribution in [0.15, 0.2) is 51.2 Å². The van der Waals surface area contributed by atoms with E-state index in [1.165, 1.54) is 0 Å². The van der Waals surface area contributed by atoms with Crippen LogP contribution in [0.2, 0.25) is 0 Å². The monoisotopic (exact) mass is 388 g/mol. The average Bonchev–Trinajstić information content (AvgIpc) is 3.21. The molecule has 2 aliphatic heterocycles. The number of carbonyl (C=O) groups excluding carboxylic acids is 1. The van der Waals surface area contributed by atoms with Gasteiger partial charge in [-0.25, -0.2) is 8.57 Å². The van der Waals surface area contributed by atoms with E-state index in [0.29, 0.717) is 55.6 Å². The topological polar surface area (TPSA) is 72.1 Å². The van der Waals surface area contributed by atoms with E-state index in [-0.39, 0.29) is 5.91 Å². The van der Waals surface area contributed by atoms with Gasteiger partial charge in [0.15, 0.2) is 5.76 Å². The summed E-state index contributed by atoms with van der Waals surface area (Å²) in [7, 11) is -0.474. The molecular weight excluding hydrogens is 364 g/mol. The average molecular weight is 388 g/mol. The Labute approximate surface area is 159 Å². The van der Waals surface area contributed by atoms with Gasteiger partial charge in [-0.15, -0.1) is 0 Å². The van der Waals surface area contributed by atoms with E-state index in [2.05, 4.69) is 4.36 Å². The number of carbonyl (C=O) groups is 1. The summed E-state index contributed by atoms with van der Waals surface area (Å²) in [5.41, 5.74) is 0.536. The van der Waals surface area contributed by atoms with Gasteiger partial charge in [0.25, 0.3) is 5.91 Å². The summed E-state index contributed by atoms with van der Waals surface area (Å²) in [6, 6.07) is 13.3. The number of benzene rings is 1. The van der Waals surface area contributed by atoms with E-state index in [9.17, 15) is 9.00 Å². The second-order valence-electron chi connectivity index (χ2n) is 7.15. The molecule has 0 unspecified atom stereocenters. The number of morpholine rings is 1. The lowest BCUT2D eigenvalue weighted by Gasteiger charge is -2.45. The maximum absolute atomic E-state index is 13.0. The molecule has 1 aromatic heterocycles. The first-order valence-electron chi connectivity index (χ1n) is 9.22. The SMILES string of the molecule is CN=S1(=O)CCC2(CC1)CN(C(=O)c1ccc(-c3ccccc3)o1)CCO2. The van der Waals surface area contributed by atoms with Crippen LogP contribution in [0.5, 0.6) is 0 Å². The fourth-order valence-electron chi connectivity index (χ4n) is 3.79. The number of rotatable bonds is 2. The fourth-order valence-corrected chi connectivity index (χ4v) is 5.74. The number of hydrogen-bond acceptors (Lipinski definition) is 5. The lowest BCUT2D eigenvalue weighted by Crippen LogP contribution is -2.56. The maximum atomic E-state index is 13.0. The third kappa shape index (κ3) is 3.66. The van der Waals surface area contributed by atoms with Crippen molar-refractivity contribution in [3.8, 4) is 11.3 Å². The molecule has 0 bridgehead atoms. The molecule has 2 aliphatic rings. The molecule has 2 fully saturated rings. The van der Waals surface area contributed by atoms with Crippen molar-refractivity contribution in [3.05, 3.63) is 48.2 Å². The van der Waals surface area contributed by atoms with Gasteiger partial charge in [0.05, 0.1) is 18.8 Å². The predicted molar refractivity (Wildman–Crippen MR) is 104 cm³/mol. The molecule has 0 saturated carbocycles. The smallest absolute Gasteiger partial charge is 0.289 e. The molecule has 0 atom stereocenters. The Bertz CT molecular complexity index is 930. The van der Waals surface area contributed by atoms with E-state index in [4.69, 9.17) is 9.15 Å². The molecule has 1 spiro atoms. The van der Waals surface area contributed by atoms with Crippen molar-refractivity contribution in [1.29, 1.82) is 0 Å². The highest BCUT2D eigenvalue weighted by atomic mass is 32.2. The van der Waals surface area contributed by atoms with E-state index >= 15 is 0 Å². The molecule has 0 radical (unpaired) electrons. The van der Waals surface area contributed by atoms with E-state index in [1.807, 2.05) is 36.4 Å². The van der Waals surface area contributed by atoms with Gasteiger partial charge in [-0.3, -0.25) is 4.79 Å². The largest absolute Gasteiger partial charge is 0.451 e. The zero-order valence-corrected chi connectivity index (χ0v) is 16.2. The van der Waals surface area contributed by atoms with Gasteiger partial charge >= 0.3 is 0 Å².